The molecule has 3 nitrogen and oxygen atoms in total. The molecule has 0 saturated carbocycles. The standard InChI is InChI=1S/C9H11BrN2O/c1-6-3-4-7(5-8(6)10)12-9(13)11-2/h3-5H,1-2H3,(H2,11,12,13). The van der Waals surface area contributed by atoms with Gasteiger partial charge in [-0.15, -0.1) is 0 Å². The summed E-state index contributed by atoms with van der Waals surface area (Å²) in [6.45, 7) is 1.99. The molecule has 70 valence electrons. The summed E-state index contributed by atoms with van der Waals surface area (Å²) < 4.78 is 0.987. The maximum atomic E-state index is 10.9. The molecule has 0 aliphatic heterocycles. The summed E-state index contributed by atoms with van der Waals surface area (Å²) >= 11 is 3.39. The van der Waals surface area contributed by atoms with Crippen LogP contribution in [-0.2, 0) is 0 Å². The molecule has 0 aromatic heterocycles. The van der Waals surface area contributed by atoms with Gasteiger partial charge in [0.15, 0.2) is 0 Å². The lowest BCUT2D eigenvalue weighted by molar-refractivity contribution is 0.254. The lowest BCUT2D eigenvalue weighted by Crippen LogP contribution is -2.24. The summed E-state index contributed by atoms with van der Waals surface area (Å²) in [6.07, 6.45) is 0. The predicted molar refractivity (Wildman–Crippen MR) is 57.0 cm³/mol. The second-order valence-corrected chi connectivity index (χ2v) is 3.52. The SMILES string of the molecule is CNC(=O)Nc1ccc(C)c(Br)c1. The maximum Gasteiger partial charge on any atom is 0.318 e. The lowest BCUT2D eigenvalue weighted by Gasteiger charge is -2.05. The molecule has 1 aromatic rings. The number of aryl methyl sites for hydroxylation is 1. The quantitative estimate of drug-likeness (QED) is 0.781. The van der Waals surface area contributed by atoms with E-state index in [-0.39, 0.29) is 6.03 Å². The van der Waals surface area contributed by atoms with Crippen molar-refractivity contribution in [3.8, 4) is 0 Å². The van der Waals surface area contributed by atoms with Crippen LogP contribution < -0.4 is 10.6 Å². The van der Waals surface area contributed by atoms with Crippen LogP contribution in [0.3, 0.4) is 0 Å². The minimum absolute atomic E-state index is 0.212. The Morgan fingerprint density at radius 3 is 2.69 bits per heavy atom. The molecule has 13 heavy (non-hydrogen) atoms. The van der Waals surface area contributed by atoms with Crippen molar-refractivity contribution in [1.29, 1.82) is 0 Å². The van der Waals surface area contributed by atoms with Crippen LogP contribution in [-0.4, -0.2) is 13.1 Å². The number of halogens is 1. The van der Waals surface area contributed by atoms with E-state index in [0.29, 0.717) is 0 Å². The second kappa shape index (κ2) is 4.28. The number of amides is 2. The first-order valence-electron chi connectivity index (χ1n) is 3.88. The van der Waals surface area contributed by atoms with E-state index in [1.165, 1.54) is 0 Å². The van der Waals surface area contributed by atoms with Gasteiger partial charge in [-0.25, -0.2) is 4.79 Å². The van der Waals surface area contributed by atoms with Crippen molar-refractivity contribution in [1.82, 2.24) is 5.32 Å². The van der Waals surface area contributed by atoms with Crippen LogP contribution in [0.5, 0.6) is 0 Å². The number of benzene rings is 1. The van der Waals surface area contributed by atoms with Gasteiger partial charge in [0.25, 0.3) is 0 Å². The van der Waals surface area contributed by atoms with Gasteiger partial charge in [0.1, 0.15) is 0 Å². The van der Waals surface area contributed by atoms with E-state index in [9.17, 15) is 4.79 Å². The fourth-order valence-electron chi connectivity index (χ4n) is 0.864. The minimum Gasteiger partial charge on any atom is -0.341 e. The highest BCUT2D eigenvalue weighted by atomic mass is 79.9. The topological polar surface area (TPSA) is 41.1 Å². The molecule has 4 heteroatoms. The molecule has 0 aliphatic carbocycles. The third-order valence-electron chi connectivity index (χ3n) is 1.66. The van der Waals surface area contributed by atoms with Crippen molar-refractivity contribution in [2.75, 3.05) is 12.4 Å². The van der Waals surface area contributed by atoms with E-state index in [1.54, 1.807) is 7.05 Å². The fourth-order valence-corrected chi connectivity index (χ4v) is 1.24. The van der Waals surface area contributed by atoms with E-state index < -0.39 is 0 Å². The normalized spacial score (nSPS) is 9.46. The molecular weight excluding hydrogens is 232 g/mol. The average Bonchev–Trinajstić information content (AvgIpc) is 2.11. The average molecular weight is 243 g/mol. The maximum absolute atomic E-state index is 10.9. The van der Waals surface area contributed by atoms with Gasteiger partial charge < -0.3 is 10.6 Å². The molecule has 1 aromatic carbocycles. The molecule has 0 spiro atoms. The number of carbonyl (C=O) groups excluding carboxylic acids is 1. The summed E-state index contributed by atoms with van der Waals surface area (Å²) in [7, 11) is 1.58. The molecule has 0 aliphatic rings. The van der Waals surface area contributed by atoms with E-state index >= 15 is 0 Å². The highest BCUT2D eigenvalue weighted by Gasteiger charge is 2.00. The molecular formula is C9H11BrN2O. The number of anilines is 1. The van der Waals surface area contributed by atoms with Crippen molar-refractivity contribution in [2.24, 2.45) is 0 Å². The van der Waals surface area contributed by atoms with E-state index in [0.717, 1.165) is 15.7 Å². The Balaban J connectivity index is 2.79. The number of hydrogen-bond acceptors (Lipinski definition) is 1. The van der Waals surface area contributed by atoms with Crippen LogP contribution in [0.1, 0.15) is 5.56 Å². The number of hydrogen-bond donors (Lipinski definition) is 2. The Bertz CT molecular complexity index is 325. The Labute approximate surface area is 85.7 Å². The number of urea groups is 1. The van der Waals surface area contributed by atoms with Gasteiger partial charge >= 0.3 is 6.03 Å². The monoisotopic (exact) mass is 242 g/mol. The van der Waals surface area contributed by atoms with E-state index in [4.69, 9.17) is 0 Å². The Morgan fingerprint density at radius 1 is 1.46 bits per heavy atom. The molecule has 0 bridgehead atoms. The largest absolute Gasteiger partial charge is 0.341 e. The summed E-state index contributed by atoms with van der Waals surface area (Å²) in [4.78, 5) is 10.9. The smallest absolute Gasteiger partial charge is 0.318 e. The highest BCUT2D eigenvalue weighted by Crippen LogP contribution is 2.20. The highest BCUT2D eigenvalue weighted by molar-refractivity contribution is 9.10. The van der Waals surface area contributed by atoms with Crippen LogP contribution in [0.2, 0.25) is 0 Å². The van der Waals surface area contributed by atoms with Gasteiger partial charge in [0, 0.05) is 17.2 Å². The zero-order valence-corrected chi connectivity index (χ0v) is 9.10. The summed E-state index contributed by atoms with van der Waals surface area (Å²) in [5, 5.41) is 5.16. The third-order valence-corrected chi connectivity index (χ3v) is 2.51. The molecule has 0 heterocycles. The minimum atomic E-state index is -0.212. The molecule has 2 amide bonds. The summed E-state index contributed by atoms with van der Waals surface area (Å²) in [6, 6.07) is 5.45. The van der Waals surface area contributed by atoms with Gasteiger partial charge in [0.05, 0.1) is 0 Å². The first-order chi connectivity index (χ1) is 6.13. The predicted octanol–water partition coefficient (Wildman–Crippen LogP) is 2.51. The molecule has 0 fully saturated rings. The molecule has 0 radical (unpaired) electrons. The summed E-state index contributed by atoms with van der Waals surface area (Å²) in [5.74, 6) is 0. The Kier molecular flexibility index (Phi) is 3.31. The van der Waals surface area contributed by atoms with Gasteiger partial charge in [-0.1, -0.05) is 22.0 Å². The Hall–Kier alpha value is -1.03. The fraction of sp³-hybridized carbons (Fsp3) is 0.222. The number of carbonyl (C=O) groups is 1. The van der Waals surface area contributed by atoms with Gasteiger partial charge in [0.2, 0.25) is 0 Å². The summed E-state index contributed by atoms with van der Waals surface area (Å²) in [5.41, 5.74) is 1.92. The number of rotatable bonds is 1. The van der Waals surface area contributed by atoms with Crippen LogP contribution in [0.4, 0.5) is 10.5 Å². The van der Waals surface area contributed by atoms with Crippen molar-refractivity contribution in [3.63, 3.8) is 0 Å². The number of nitrogens with one attached hydrogen (secondary N) is 2. The van der Waals surface area contributed by atoms with Crippen LogP contribution in [0.25, 0.3) is 0 Å². The van der Waals surface area contributed by atoms with Crippen molar-refractivity contribution < 1.29 is 4.79 Å². The second-order valence-electron chi connectivity index (χ2n) is 2.67. The Morgan fingerprint density at radius 2 is 2.15 bits per heavy atom. The molecule has 1 rings (SSSR count). The molecule has 0 saturated heterocycles. The van der Waals surface area contributed by atoms with E-state index in [1.807, 2.05) is 25.1 Å². The third kappa shape index (κ3) is 2.73. The molecule has 0 unspecified atom stereocenters. The first-order valence-corrected chi connectivity index (χ1v) is 4.67. The van der Waals surface area contributed by atoms with Gasteiger partial charge in [-0.3, -0.25) is 0 Å². The molecule has 0 atom stereocenters. The van der Waals surface area contributed by atoms with Crippen molar-refractivity contribution >= 4 is 27.6 Å². The molecule has 2 N–H and O–H groups in total. The van der Waals surface area contributed by atoms with Crippen LogP contribution >= 0.6 is 15.9 Å². The van der Waals surface area contributed by atoms with Crippen molar-refractivity contribution in [3.05, 3.63) is 28.2 Å². The first kappa shape index (κ1) is 10.1. The van der Waals surface area contributed by atoms with Gasteiger partial charge in [-0.05, 0) is 24.6 Å². The zero-order valence-electron chi connectivity index (χ0n) is 7.52. The lowest BCUT2D eigenvalue weighted by atomic mass is 10.2. The van der Waals surface area contributed by atoms with E-state index in [2.05, 4.69) is 26.6 Å². The van der Waals surface area contributed by atoms with Gasteiger partial charge in [-0.2, -0.15) is 0 Å². The zero-order chi connectivity index (χ0) is 9.84. The van der Waals surface area contributed by atoms with Crippen LogP contribution in [0, 0.1) is 6.92 Å². The van der Waals surface area contributed by atoms with Crippen molar-refractivity contribution in [2.45, 2.75) is 6.92 Å². The van der Waals surface area contributed by atoms with Crippen LogP contribution in [0.15, 0.2) is 22.7 Å².